The van der Waals surface area contributed by atoms with E-state index in [9.17, 15) is 14.4 Å². The molecule has 0 aliphatic heterocycles. The quantitative estimate of drug-likeness (QED) is 0.291. The van der Waals surface area contributed by atoms with Crippen LogP contribution in [0, 0.1) is 0 Å². The van der Waals surface area contributed by atoms with Crippen LogP contribution in [-0.4, -0.2) is 31.9 Å². The Morgan fingerprint density at radius 2 is 1.28 bits per heavy atom. The van der Waals surface area contributed by atoms with Crippen LogP contribution in [-0.2, 0) is 16.0 Å². The molecule has 0 radical (unpaired) electrons. The van der Waals surface area contributed by atoms with Gasteiger partial charge >= 0.3 is 11.9 Å². The Kier molecular flexibility index (Phi) is 7.10. The first-order chi connectivity index (χ1) is 15.3. The Hall–Kier alpha value is -3.87. The second-order valence-corrected chi connectivity index (χ2v) is 7.12. The van der Waals surface area contributed by atoms with Crippen molar-refractivity contribution in [3.05, 3.63) is 59.7 Å². The molecule has 0 heterocycles. The minimum Gasteiger partial charge on any atom is -0.493 e. The van der Waals surface area contributed by atoms with Crippen LogP contribution in [0.3, 0.4) is 0 Å². The Morgan fingerprint density at radius 1 is 0.688 bits per heavy atom. The zero-order valence-electron chi connectivity index (χ0n) is 18.4. The van der Waals surface area contributed by atoms with Crippen LogP contribution in [0.4, 0.5) is 0 Å². The molecule has 0 saturated heterocycles. The summed E-state index contributed by atoms with van der Waals surface area (Å²) < 4.78 is 21.1. The second kappa shape index (κ2) is 9.96. The molecule has 0 N–H and O–H groups in total. The lowest BCUT2D eigenvalue weighted by atomic mass is 9.99. The summed E-state index contributed by atoms with van der Waals surface area (Å²) in [7, 11) is 3.13. The summed E-state index contributed by atoms with van der Waals surface area (Å²) in [6.07, 6.45) is 0.787. The lowest BCUT2D eigenvalue weighted by Gasteiger charge is -2.12. The number of hydrogen-bond acceptors (Lipinski definition) is 7. The number of fused-ring (bicyclic) bond motifs is 1. The number of ether oxygens (including phenoxy) is 4. The molecule has 3 aromatic rings. The average molecular weight is 436 g/mol. The summed E-state index contributed by atoms with van der Waals surface area (Å²) >= 11 is 0. The first kappa shape index (κ1) is 22.8. The van der Waals surface area contributed by atoms with E-state index in [1.807, 2.05) is 12.1 Å². The fraction of sp³-hybridized carbons (Fsp3) is 0.240. The predicted molar refractivity (Wildman–Crippen MR) is 119 cm³/mol. The monoisotopic (exact) mass is 436 g/mol. The van der Waals surface area contributed by atoms with E-state index in [0.29, 0.717) is 40.0 Å². The molecule has 0 aliphatic carbocycles. The van der Waals surface area contributed by atoms with Gasteiger partial charge in [0.15, 0.2) is 17.3 Å². The van der Waals surface area contributed by atoms with Crippen LogP contribution in [0.2, 0.25) is 0 Å². The van der Waals surface area contributed by atoms with Gasteiger partial charge in [-0.15, -0.1) is 0 Å². The number of Topliss-reactive ketones (excluding diaryl/α,β-unsaturated/α-hetero) is 1. The maximum Gasteiger partial charge on any atom is 0.308 e. The highest BCUT2D eigenvalue weighted by molar-refractivity contribution is 6.03. The summed E-state index contributed by atoms with van der Waals surface area (Å²) in [5.41, 5.74) is 1.40. The molecule has 0 saturated carbocycles. The summed E-state index contributed by atoms with van der Waals surface area (Å²) in [6.45, 7) is 2.60. The highest BCUT2D eigenvalue weighted by atomic mass is 16.5. The molecule has 7 heteroatoms. The van der Waals surface area contributed by atoms with Crippen molar-refractivity contribution in [2.24, 2.45) is 0 Å². The number of carbonyl (C=O) groups is 3. The van der Waals surface area contributed by atoms with Crippen molar-refractivity contribution in [3.8, 4) is 23.0 Å². The smallest absolute Gasteiger partial charge is 0.308 e. The van der Waals surface area contributed by atoms with Crippen molar-refractivity contribution in [2.45, 2.75) is 26.7 Å². The van der Waals surface area contributed by atoms with Gasteiger partial charge in [0.05, 0.1) is 14.2 Å². The van der Waals surface area contributed by atoms with Crippen molar-refractivity contribution < 1.29 is 33.3 Å². The maximum absolute atomic E-state index is 12.9. The third-order valence-electron chi connectivity index (χ3n) is 4.85. The first-order valence-corrected chi connectivity index (χ1v) is 10.00. The zero-order valence-corrected chi connectivity index (χ0v) is 18.4. The van der Waals surface area contributed by atoms with Crippen LogP contribution in [0.1, 0.15) is 36.2 Å². The van der Waals surface area contributed by atoms with Gasteiger partial charge in [0.1, 0.15) is 11.5 Å². The van der Waals surface area contributed by atoms with E-state index in [2.05, 4.69) is 0 Å². The number of benzene rings is 3. The minimum absolute atomic E-state index is 0.0756. The Morgan fingerprint density at radius 3 is 1.88 bits per heavy atom. The molecule has 0 unspecified atom stereocenters. The minimum atomic E-state index is -0.489. The van der Waals surface area contributed by atoms with Gasteiger partial charge in [-0.25, -0.2) is 0 Å². The highest BCUT2D eigenvalue weighted by Gasteiger charge is 2.15. The lowest BCUT2D eigenvalue weighted by molar-refractivity contribution is -0.132. The van der Waals surface area contributed by atoms with Crippen molar-refractivity contribution in [1.82, 2.24) is 0 Å². The van der Waals surface area contributed by atoms with E-state index < -0.39 is 11.9 Å². The Labute approximate surface area is 185 Å². The number of rotatable bonds is 8. The van der Waals surface area contributed by atoms with Gasteiger partial charge in [0, 0.05) is 36.6 Å². The summed E-state index contributed by atoms with van der Waals surface area (Å²) in [5, 5.41) is 1.08. The molecular formula is C25H24O7. The fourth-order valence-electron chi connectivity index (χ4n) is 3.39. The molecule has 166 valence electrons. The normalized spacial score (nSPS) is 10.5. The van der Waals surface area contributed by atoms with Crippen LogP contribution >= 0.6 is 0 Å². The molecule has 7 nitrogen and oxygen atoms in total. The fourth-order valence-corrected chi connectivity index (χ4v) is 3.39. The molecule has 3 rings (SSSR count). The van der Waals surface area contributed by atoms with Crippen molar-refractivity contribution >= 4 is 28.5 Å². The van der Waals surface area contributed by atoms with E-state index in [0.717, 1.165) is 5.56 Å². The third-order valence-corrected chi connectivity index (χ3v) is 4.85. The Balaban J connectivity index is 1.88. The van der Waals surface area contributed by atoms with Crippen molar-refractivity contribution in [3.63, 3.8) is 0 Å². The summed E-state index contributed by atoms with van der Waals surface area (Å²) in [5.74, 6) is 0.809. The van der Waals surface area contributed by atoms with Gasteiger partial charge in [0.2, 0.25) is 0 Å². The van der Waals surface area contributed by atoms with E-state index >= 15 is 0 Å². The molecule has 0 amide bonds. The van der Waals surface area contributed by atoms with Gasteiger partial charge in [-0.05, 0) is 48.4 Å². The number of esters is 2. The summed E-state index contributed by atoms with van der Waals surface area (Å²) in [4.78, 5) is 35.8. The Bertz CT molecular complexity index is 1180. The van der Waals surface area contributed by atoms with Crippen LogP contribution in [0.25, 0.3) is 10.8 Å². The second-order valence-electron chi connectivity index (χ2n) is 7.12. The number of methoxy groups -OCH3 is 2. The largest absolute Gasteiger partial charge is 0.493 e. The van der Waals surface area contributed by atoms with Crippen LogP contribution < -0.4 is 18.9 Å². The summed E-state index contributed by atoms with van der Waals surface area (Å²) in [6, 6.07) is 13.6. The predicted octanol–water partition coefficient (Wildman–Crippen LogP) is 4.52. The topological polar surface area (TPSA) is 88.1 Å². The molecule has 3 aromatic carbocycles. The van der Waals surface area contributed by atoms with Gasteiger partial charge < -0.3 is 18.9 Å². The van der Waals surface area contributed by atoms with Gasteiger partial charge in [-0.2, -0.15) is 0 Å². The molecule has 0 bridgehead atoms. The van der Waals surface area contributed by atoms with Crippen molar-refractivity contribution in [2.75, 3.05) is 14.2 Å². The molecular weight excluding hydrogens is 412 g/mol. The van der Waals surface area contributed by atoms with E-state index in [-0.39, 0.29) is 18.0 Å². The van der Waals surface area contributed by atoms with Gasteiger partial charge in [-0.1, -0.05) is 12.1 Å². The van der Waals surface area contributed by atoms with E-state index in [4.69, 9.17) is 18.9 Å². The molecule has 0 aliphatic rings. The highest BCUT2D eigenvalue weighted by Crippen LogP contribution is 2.35. The third kappa shape index (κ3) is 5.24. The molecule has 0 aromatic heterocycles. The molecule has 0 fully saturated rings. The van der Waals surface area contributed by atoms with Crippen LogP contribution in [0.15, 0.2) is 48.5 Å². The lowest BCUT2D eigenvalue weighted by Crippen LogP contribution is -2.06. The van der Waals surface area contributed by atoms with E-state index in [1.165, 1.54) is 13.8 Å². The van der Waals surface area contributed by atoms with Gasteiger partial charge in [-0.3, -0.25) is 14.4 Å². The van der Waals surface area contributed by atoms with Crippen LogP contribution in [0.5, 0.6) is 23.0 Å². The number of hydrogen-bond donors (Lipinski definition) is 0. The molecule has 0 spiro atoms. The van der Waals surface area contributed by atoms with E-state index in [1.54, 1.807) is 50.6 Å². The SMILES string of the molecule is COc1ccc(CCC(=O)c2ccc3c(OC(C)=O)ccc(OC(C)=O)c3c2)cc1OC. The van der Waals surface area contributed by atoms with Crippen molar-refractivity contribution in [1.29, 1.82) is 0 Å². The molecule has 32 heavy (non-hydrogen) atoms. The zero-order chi connectivity index (χ0) is 23.3. The number of ketones is 1. The maximum atomic E-state index is 12.9. The first-order valence-electron chi connectivity index (χ1n) is 10.00. The standard InChI is InChI=1S/C25H24O7/c1-15(26)31-22-11-12-23(32-16(2)27)20-14-18(7-8-19(20)22)21(28)9-5-17-6-10-24(29-3)25(13-17)30-4/h6-8,10-14H,5,9H2,1-4H3. The molecule has 0 atom stereocenters. The van der Waals surface area contributed by atoms with Gasteiger partial charge in [0.25, 0.3) is 0 Å². The number of carbonyl (C=O) groups excluding carboxylic acids is 3. The average Bonchev–Trinajstić information content (AvgIpc) is 2.77. The number of aryl methyl sites for hydroxylation is 1.